The van der Waals surface area contributed by atoms with Crippen molar-refractivity contribution in [2.24, 2.45) is 0 Å². The van der Waals surface area contributed by atoms with Gasteiger partial charge in [0.2, 0.25) is 0 Å². The Morgan fingerprint density at radius 2 is 1.43 bits per heavy atom. The van der Waals surface area contributed by atoms with E-state index in [-0.39, 0.29) is 13.2 Å². The topological polar surface area (TPSA) is 76.1 Å². The molecule has 0 saturated heterocycles. The van der Waals surface area contributed by atoms with Crippen LogP contribution in [0.4, 0.5) is 10.5 Å². The lowest BCUT2D eigenvalue weighted by Crippen LogP contribution is -2.48. The van der Waals surface area contributed by atoms with Gasteiger partial charge in [0.05, 0.1) is 20.3 Å². The van der Waals surface area contributed by atoms with Gasteiger partial charge in [-0.25, -0.2) is 9.59 Å². The van der Waals surface area contributed by atoms with Gasteiger partial charge >= 0.3 is 12.1 Å². The third kappa shape index (κ3) is 5.24. The molecule has 0 fully saturated rings. The number of amides is 1. The van der Waals surface area contributed by atoms with Crippen molar-refractivity contribution in [3.8, 4) is 11.1 Å². The largest absolute Gasteiger partial charge is 0.480 e. The summed E-state index contributed by atoms with van der Waals surface area (Å²) < 4.78 is 10.4. The van der Waals surface area contributed by atoms with Crippen LogP contribution < -0.4 is 4.90 Å². The Kier molecular flexibility index (Phi) is 7.19. The summed E-state index contributed by atoms with van der Waals surface area (Å²) in [5.41, 5.74) is 3.31. The third-order valence-corrected chi connectivity index (χ3v) is 4.61. The number of hydrogen-bond donors (Lipinski definition) is 1. The predicted octanol–water partition coefficient (Wildman–Crippen LogP) is 4.60. The van der Waals surface area contributed by atoms with Crippen LogP contribution in [-0.2, 0) is 20.9 Å². The van der Waals surface area contributed by atoms with Gasteiger partial charge in [0, 0.05) is 5.69 Å². The molecule has 3 rings (SSSR count). The van der Waals surface area contributed by atoms with Crippen LogP contribution in [0, 0.1) is 0 Å². The highest BCUT2D eigenvalue weighted by atomic mass is 16.5. The Morgan fingerprint density at radius 1 is 0.867 bits per heavy atom. The average Bonchev–Trinajstić information content (AvgIpc) is 2.79. The lowest BCUT2D eigenvalue weighted by molar-refractivity contribution is -0.140. The Morgan fingerprint density at radius 3 is 2.00 bits per heavy atom. The van der Waals surface area contributed by atoms with E-state index in [0.717, 1.165) is 21.6 Å². The normalized spacial score (nSPS) is 11.5. The minimum Gasteiger partial charge on any atom is -0.480 e. The molecule has 0 aromatic heterocycles. The number of nitrogens with zero attached hydrogens (tertiary/aromatic N) is 1. The first-order valence-electron chi connectivity index (χ1n) is 9.47. The third-order valence-electron chi connectivity index (χ3n) is 4.61. The molecule has 0 heterocycles. The standard InChI is InChI=1S/C24H23NO5/c1-29-24(28)25(21-14-12-20(13-15-21)19-10-6-3-7-11-19)22(23(26)27)17-30-16-18-8-4-2-5-9-18/h2-15,22H,16-17H2,1H3,(H,26,27). The molecule has 0 spiro atoms. The number of hydrogen-bond acceptors (Lipinski definition) is 4. The van der Waals surface area contributed by atoms with Crippen molar-refractivity contribution in [3.63, 3.8) is 0 Å². The summed E-state index contributed by atoms with van der Waals surface area (Å²) in [5, 5.41) is 9.75. The number of methoxy groups -OCH3 is 1. The van der Waals surface area contributed by atoms with E-state index >= 15 is 0 Å². The monoisotopic (exact) mass is 405 g/mol. The van der Waals surface area contributed by atoms with Gasteiger partial charge in [-0.3, -0.25) is 4.90 Å². The summed E-state index contributed by atoms with van der Waals surface area (Å²) in [6.45, 7) is 0.0618. The van der Waals surface area contributed by atoms with Crippen LogP contribution in [-0.4, -0.2) is 36.9 Å². The van der Waals surface area contributed by atoms with E-state index in [2.05, 4.69) is 0 Å². The van der Waals surface area contributed by atoms with Gasteiger partial charge in [0.25, 0.3) is 0 Å². The van der Waals surface area contributed by atoms with E-state index in [4.69, 9.17) is 9.47 Å². The van der Waals surface area contributed by atoms with Crippen molar-refractivity contribution in [3.05, 3.63) is 90.5 Å². The fourth-order valence-corrected chi connectivity index (χ4v) is 3.07. The predicted molar refractivity (Wildman–Crippen MR) is 114 cm³/mol. The zero-order valence-electron chi connectivity index (χ0n) is 16.6. The van der Waals surface area contributed by atoms with Crippen LogP contribution in [0.1, 0.15) is 5.56 Å². The quantitative estimate of drug-likeness (QED) is 0.593. The van der Waals surface area contributed by atoms with Crippen molar-refractivity contribution in [2.75, 3.05) is 18.6 Å². The van der Waals surface area contributed by atoms with Gasteiger partial charge in [-0.2, -0.15) is 0 Å². The molecule has 6 nitrogen and oxygen atoms in total. The van der Waals surface area contributed by atoms with Crippen LogP contribution in [0.2, 0.25) is 0 Å². The zero-order chi connectivity index (χ0) is 21.3. The van der Waals surface area contributed by atoms with Gasteiger partial charge in [-0.1, -0.05) is 72.8 Å². The Hall–Kier alpha value is -3.64. The molecule has 6 heteroatoms. The molecule has 3 aromatic rings. The fraction of sp³-hybridized carbons (Fsp3) is 0.167. The number of carboxylic acid groups (broad SMARTS) is 1. The van der Waals surface area contributed by atoms with Crippen LogP contribution >= 0.6 is 0 Å². The highest BCUT2D eigenvalue weighted by Gasteiger charge is 2.32. The number of carbonyl (C=O) groups is 2. The maximum absolute atomic E-state index is 12.4. The van der Waals surface area contributed by atoms with E-state index in [1.807, 2.05) is 72.8 Å². The molecule has 30 heavy (non-hydrogen) atoms. The number of anilines is 1. The minimum absolute atomic E-state index is 0.181. The summed E-state index contributed by atoms with van der Waals surface area (Å²) in [7, 11) is 1.22. The molecule has 0 radical (unpaired) electrons. The Labute approximate surface area is 175 Å². The van der Waals surface area contributed by atoms with Crippen LogP contribution in [0.25, 0.3) is 11.1 Å². The number of carbonyl (C=O) groups excluding carboxylic acids is 1. The highest BCUT2D eigenvalue weighted by molar-refractivity contribution is 5.95. The van der Waals surface area contributed by atoms with Gasteiger partial charge in [-0.15, -0.1) is 0 Å². The molecule has 0 aliphatic rings. The molecule has 0 bridgehead atoms. The second kappa shape index (κ2) is 10.2. The molecule has 0 aliphatic heterocycles. The Balaban J connectivity index is 1.80. The first-order valence-corrected chi connectivity index (χ1v) is 9.47. The fourth-order valence-electron chi connectivity index (χ4n) is 3.07. The van der Waals surface area contributed by atoms with E-state index in [1.165, 1.54) is 7.11 Å². The smallest absolute Gasteiger partial charge is 0.414 e. The number of benzene rings is 3. The highest BCUT2D eigenvalue weighted by Crippen LogP contribution is 2.25. The second-order valence-corrected chi connectivity index (χ2v) is 6.61. The van der Waals surface area contributed by atoms with Gasteiger partial charge < -0.3 is 14.6 Å². The van der Waals surface area contributed by atoms with Crippen molar-refractivity contribution >= 4 is 17.7 Å². The van der Waals surface area contributed by atoms with Gasteiger partial charge in [0.15, 0.2) is 6.04 Å². The number of aliphatic carboxylic acids is 1. The molecule has 1 N–H and O–H groups in total. The molecular weight excluding hydrogens is 382 g/mol. The zero-order valence-corrected chi connectivity index (χ0v) is 16.6. The van der Waals surface area contributed by atoms with Gasteiger partial charge in [0.1, 0.15) is 0 Å². The lowest BCUT2D eigenvalue weighted by Gasteiger charge is -2.27. The lowest BCUT2D eigenvalue weighted by atomic mass is 10.1. The molecule has 0 saturated carbocycles. The maximum Gasteiger partial charge on any atom is 0.414 e. The van der Waals surface area contributed by atoms with Crippen molar-refractivity contribution in [1.82, 2.24) is 0 Å². The summed E-state index contributed by atoms with van der Waals surface area (Å²) in [4.78, 5) is 25.5. The number of rotatable bonds is 8. The molecular formula is C24H23NO5. The van der Waals surface area contributed by atoms with E-state index in [0.29, 0.717) is 5.69 Å². The second-order valence-electron chi connectivity index (χ2n) is 6.61. The van der Waals surface area contributed by atoms with Crippen LogP contribution in [0.15, 0.2) is 84.9 Å². The molecule has 0 aliphatic carbocycles. The number of ether oxygens (including phenoxy) is 2. The van der Waals surface area contributed by atoms with Crippen LogP contribution in [0.5, 0.6) is 0 Å². The first-order chi connectivity index (χ1) is 14.6. The van der Waals surface area contributed by atoms with Crippen molar-refractivity contribution in [1.29, 1.82) is 0 Å². The molecule has 154 valence electrons. The molecule has 1 atom stereocenters. The maximum atomic E-state index is 12.4. The van der Waals surface area contributed by atoms with E-state index in [1.54, 1.807) is 12.1 Å². The van der Waals surface area contributed by atoms with E-state index < -0.39 is 18.1 Å². The van der Waals surface area contributed by atoms with Crippen LogP contribution in [0.3, 0.4) is 0 Å². The summed E-state index contributed by atoms with van der Waals surface area (Å²) >= 11 is 0. The van der Waals surface area contributed by atoms with Crippen molar-refractivity contribution < 1.29 is 24.2 Å². The molecule has 1 amide bonds. The van der Waals surface area contributed by atoms with Crippen molar-refractivity contribution in [2.45, 2.75) is 12.6 Å². The summed E-state index contributed by atoms with van der Waals surface area (Å²) in [6.07, 6.45) is -0.766. The first kappa shape index (κ1) is 21.1. The average molecular weight is 405 g/mol. The van der Waals surface area contributed by atoms with E-state index in [9.17, 15) is 14.7 Å². The number of carboxylic acids is 1. The Bertz CT molecular complexity index is 958. The molecule has 1 unspecified atom stereocenters. The summed E-state index contributed by atoms with van der Waals surface area (Å²) in [6, 6.07) is 25.0. The molecule has 3 aromatic carbocycles. The SMILES string of the molecule is COC(=O)N(c1ccc(-c2ccccc2)cc1)C(COCc1ccccc1)C(=O)O. The summed E-state index contributed by atoms with van der Waals surface area (Å²) in [5.74, 6) is -1.18. The minimum atomic E-state index is -1.23. The van der Waals surface area contributed by atoms with Gasteiger partial charge in [-0.05, 0) is 28.8 Å².